The molecule has 4 atom stereocenters. The van der Waals surface area contributed by atoms with Crippen molar-refractivity contribution in [1.82, 2.24) is 4.90 Å². The molecule has 2 fully saturated rings. The van der Waals surface area contributed by atoms with Crippen LogP contribution in [0.5, 0.6) is 11.7 Å². The molecule has 2 N–H and O–H groups in total. The zero-order valence-corrected chi connectivity index (χ0v) is 13.7. The Morgan fingerprint density at radius 1 is 1.00 bits per heavy atom. The summed E-state index contributed by atoms with van der Waals surface area (Å²) in [5.41, 5.74) is 0. The van der Waals surface area contributed by atoms with Crippen LogP contribution < -0.4 is 4.74 Å². The number of amides is 1. The highest BCUT2D eigenvalue weighted by Gasteiger charge is 2.43. The van der Waals surface area contributed by atoms with E-state index in [1.807, 2.05) is 30.3 Å². The molecule has 1 aromatic heterocycles. The Hall–Kier alpha value is -2.31. The molecule has 132 valence electrons. The Balaban J connectivity index is 1.42. The first-order valence-corrected chi connectivity index (χ1v) is 8.58. The van der Waals surface area contributed by atoms with Gasteiger partial charge in [0, 0.05) is 19.2 Å². The maximum atomic E-state index is 12.7. The second kappa shape index (κ2) is 6.54. The predicted molar refractivity (Wildman–Crippen MR) is 89.4 cm³/mol. The minimum Gasteiger partial charge on any atom is -0.426 e. The molecule has 0 radical (unpaired) electrons. The summed E-state index contributed by atoms with van der Waals surface area (Å²) in [4.78, 5) is 14.4. The number of benzene rings is 1. The average molecular weight is 343 g/mol. The summed E-state index contributed by atoms with van der Waals surface area (Å²) < 4.78 is 11.1. The minimum atomic E-state index is -0.689. The Bertz CT molecular complexity index is 725. The quantitative estimate of drug-likeness (QED) is 0.893. The third-order valence-corrected chi connectivity index (χ3v) is 5.15. The molecular weight excluding hydrogens is 322 g/mol. The number of aliphatic hydroxyl groups is 2. The molecule has 6 heteroatoms. The zero-order valence-electron chi connectivity index (χ0n) is 13.7. The SMILES string of the molecule is O=C(c1ccc(Oc2ccccc2)o1)N1C[C@H]2C[C@H](O)[C@@H](O)C[C@H]2C1. The van der Waals surface area contributed by atoms with Gasteiger partial charge < -0.3 is 24.3 Å². The summed E-state index contributed by atoms with van der Waals surface area (Å²) in [6.45, 7) is 1.17. The van der Waals surface area contributed by atoms with E-state index >= 15 is 0 Å². The molecule has 4 rings (SSSR count). The van der Waals surface area contributed by atoms with Gasteiger partial charge in [-0.25, -0.2) is 0 Å². The van der Waals surface area contributed by atoms with Crippen molar-refractivity contribution in [3.63, 3.8) is 0 Å². The summed E-state index contributed by atoms with van der Waals surface area (Å²) >= 11 is 0. The van der Waals surface area contributed by atoms with Crippen molar-refractivity contribution in [1.29, 1.82) is 0 Å². The fraction of sp³-hybridized carbons (Fsp3) is 0.421. The molecule has 0 unspecified atom stereocenters. The summed E-state index contributed by atoms with van der Waals surface area (Å²) in [7, 11) is 0. The van der Waals surface area contributed by atoms with E-state index in [4.69, 9.17) is 9.15 Å². The lowest BCUT2D eigenvalue weighted by Gasteiger charge is -2.31. The van der Waals surface area contributed by atoms with Crippen molar-refractivity contribution in [2.75, 3.05) is 13.1 Å². The van der Waals surface area contributed by atoms with Gasteiger partial charge in [-0.05, 0) is 42.9 Å². The van der Waals surface area contributed by atoms with E-state index in [0.717, 1.165) is 0 Å². The molecule has 1 aliphatic carbocycles. The maximum absolute atomic E-state index is 12.7. The van der Waals surface area contributed by atoms with Crippen molar-refractivity contribution in [3.8, 4) is 11.7 Å². The molecular formula is C19H21NO5. The maximum Gasteiger partial charge on any atom is 0.290 e. The van der Waals surface area contributed by atoms with Crippen molar-refractivity contribution >= 4 is 5.91 Å². The number of carbonyl (C=O) groups excluding carboxylic acids is 1. The molecule has 1 aliphatic heterocycles. The molecule has 25 heavy (non-hydrogen) atoms. The standard InChI is InChI=1S/C19H21NO5/c21-15-8-12-10-20(11-13(12)9-16(15)22)19(23)17-6-7-18(25-17)24-14-4-2-1-3-5-14/h1-7,12-13,15-16,21-22H,8-11H2/t12-,13+,15-,16-/m0/s1. The number of aliphatic hydroxyl groups excluding tert-OH is 2. The molecule has 6 nitrogen and oxygen atoms in total. The lowest BCUT2D eigenvalue weighted by atomic mass is 9.79. The number of furan rings is 1. The summed E-state index contributed by atoms with van der Waals surface area (Å²) in [5.74, 6) is 1.45. The number of hydrogen-bond acceptors (Lipinski definition) is 5. The number of ether oxygens (including phenoxy) is 1. The Morgan fingerprint density at radius 2 is 1.64 bits per heavy atom. The van der Waals surface area contributed by atoms with Crippen LogP contribution in [0.15, 0.2) is 46.9 Å². The molecule has 2 aliphatic rings. The van der Waals surface area contributed by atoms with Gasteiger partial charge in [0.15, 0.2) is 5.76 Å². The van der Waals surface area contributed by atoms with E-state index in [-0.39, 0.29) is 29.4 Å². The van der Waals surface area contributed by atoms with E-state index in [1.165, 1.54) is 0 Å². The first-order chi connectivity index (χ1) is 12.1. The van der Waals surface area contributed by atoms with Gasteiger partial charge in [-0.3, -0.25) is 4.79 Å². The highest BCUT2D eigenvalue weighted by Crippen LogP contribution is 2.37. The van der Waals surface area contributed by atoms with Gasteiger partial charge in [0.1, 0.15) is 5.75 Å². The highest BCUT2D eigenvalue weighted by molar-refractivity contribution is 5.91. The number of fused-ring (bicyclic) bond motifs is 1. The minimum absolute atomic E-state index is 0.179. The summed E-state index contributed by atoms with van der Waals surface area (Å²) in [5, 5.41) is 19.6. The van der Waals surface area contributed by atoms with Gasteiger partial charge in [0.25, 0.3) is 11.9 Å². The Kier molecular flexibility index (Phi) is 4.23. The van der Waals surface area contributed by atoms with Crippen LogP contribution in [0.3, 0.4) is 0 Å². The topological polar surface area (TPSA) is 83.1 Å². The first kappa shape index (κ1) is 16.2. The third kappa shape index (κ3) is 3.27. The zero-order chi connectivity index (χ0) is 17.4. The predicted octanol–water partition coefficient (Wildman–Crippen LogP) is 2.28. The molecule has 0 bridgehead atoms. The Morgan fingerprint density at radius 3 is 2.28 bits per heavy atom. The lowest BCUT2D eigenvalue weighted by Crippen LogP contribution is -2.38. The van der Waals surface area contributed by atoms with Crippen LogP contribution in [0, 0.1) is 11.8 Å². The molecule has 0 spiro atoms. The van der Waals surface area contributed by atoms with Gasteiger partial charge in [0.2, 0.25) is 0 Å². The van der Waals surface area contributed by atoms with Gasteiger partial charge in [-0.1, -0.05) is 18.2 Å². The molecule has 1 saturated carbocycles. The second-order valence-electron chi connectivity index (χ2n) is 6.87. The molecule has 2 heterocycles. The fourth-order valence-corrected chi connectivity index (χ4v) is 3.82. The smallest absolute Gasteiger partial charge is 0.290 e. The van der Waals surface area contributed by atoms with E-state index in [1.54, 1.807) is 17.0 Å². The van der Waals surface area contributed by atoms with Crippen LogP contribution in [0.25, 0.3) is 0 Å². The molecule has 1 aromatic carbocycles. The van der Waals surface area contributed by atoms with Crippen LogP contribution in [0.2, 0.25) is 0 Å². The Labute approximate surface area is 145 Å². The van der Waals surface area contributed by atoms with Crippen LogP contribution in [-0.4, -0.2) is 46.3 Å². The third-order valence-electron chi connectivity index (χ3n) is 5.15. The normalized spacial score (nSPS) is 28.6. The van der Waals surface area contributed by atoms with Crippen molar-refractivity contribution in [3.05, 3.63) is 48.2 Å². The summed E-state index contributed by atoms with van der Waals surface area (Å²) in [6.07, 6.45) is -0.302. The van der Waals surface area contributed by atoms with E-state index in [0.29, 0.717) is 31.7 Å². The number of carbonyl (C=O) groups is 1. The monoisotopic (exact) mass is 343 g/mol. The van der Waals surface area contributed by atoms with Gasteiger partial charge in [-0.15, -0.1) is 0 Å². The number of rotatable bonds is 3. The van der Waals surface area contributed by atoms with Crippen LogP contribution in [-0.2, 0) is 0 Å². The van der Waals surface area contributed by atoms with E-state index < -0.39 is 12.2 Å². The number of nitrogens with zero attached hydrogens (tertiary/aromatic N) is 1. The van der Waals surface area contributed by atoms with Crippen LogP contribution in [0.1, 0.15) is 23.4 Å². The number of hydrogen-bond donors (Lipinski definition) is 2. The van der Waals surface area contributed by atoms with E-state index in [2.05, 4.69) is 0 Å². The summed E-state index contributed by atoms with van der Waals surface area (Å²) in [6, 6.07) is 12.5. The van der Waals surface area contributed by atoms with Gasteiger partial charge in [0.05, 0.1) is 12.2 Å². The van der Waals surface area contributed by atoms with E-state index in [9.17, 15) is 15.0 Å². The molecule has 1 amide bonds. The van der Waals surface area contributed by atoms with Crippen molar-refractivity contribution in [2.45, 2.75) is 25.0 Å². The average Bonchev–Trinajstić information content (AvgIpc) is 3.23. The fourth-order valence-electron chi connectivity index (χ4n) is 3.82. The molecule has 1 saturated heterocycles. The van der Waals surface area contributed by atoms with Crippen LogP contribution in [0.4, 0.5) is 0 Å². The highest BCUT2D eigenvalue weighted by atomic mass is 16.6. The van der Waals surface area contributed by atoms with Crippen LogP contribution >= 0.6 is 0 Å². The largest absolute Gasteiger partial charge is 0.426 e. The number of para-hydroxylation sites is 1. The lowest BCUT2D eigenvalue weighted by molar-refractivity contribution is -0.0372. The molecule has 2 aromatic rings. The van der Waals surface area contributed by atoms with Crippen molar-refractivity contribution in [2.24, 2.45) is 11.8 Å². The number of likely N-dealkylation sites (tertiary alicyclic amines) is 1. The first-order valence-electron chi connectivity index (χ1n) is 8.58. The van der Waals surface area contributed by atoms with Crippen molar-refractivity contribution < 1.29 is 24.2 Å². The second-order valence-corrected chi connectivity index (χ2v) is 6.87. The van der Waals surface area contributed by atoms with Gasteiger partial charge >= 0.3 is 0 Å². The van der Waals surface area contributed by atoms with Gasteiger partial charge in [-0.2, -0.15) is 0 Å².